The average molecular weight is 454 g/mol. The summed E-state index contributed by atoms with van der Waals surface area (Å²) in [6.07, 6.45) is 3.48. The maximum absolute atomic E-state index is 12.8. The van der Waals surface area contributed by atoms with Crippen LogP contribution in [0.5, 0.6) is 5.75 Å². The maximum Gasteiger partial charge on any atom is 0.227 e. The predicted molar refractivity (Wildman–Crippen MR) is 136 cm³/mol. The lowest BCUT2D eigenvalue weighted by atomic mass is 10.1. The van der Waals surface area contributed by atoms with E-state index in [2.05, 4.69) is 54.0 Å². The van der Waals surface area contributed by atoms with Crippen molar-refractivity contribution in [3.05, 3.63) is 90.3 Å². The van der Waals surface area contributed by atoms with Crippen molar-refractivity contribution in [2.24, 2.45) is 0 Å². The fourth-order valence-electron chi connectivity index (χ4n) is 4.76. The van der Waals surface area contributed by atoms with Gasteiger partial charge in [0.2, 0.25) is 5.91 Å². The van der Waals surface area contributed by atoms with Crippen LogP contribution in [0.25, 0.3) is 11.0 Å². The number of aryl methyl sites for hydroxylation is 2. The number of amides is 1. The summed E-state index contributed by atoms with van der Waals surface area (Å²) in [7, 11) is 0. The zero-order valence-corrected chi connectivity index (χ0v) is 19.7. The highest BCUT2D eigenvalue weighted by Gasteiger charge is 2.34. The second-order valence-electron chi connectivity index (χ2n) is 8.90. The summed E-state index contributed by atoms with van der Waals surface area (Å²) in [4.78, 5) is 19.7. The van der Waals surface area contributed by atoms with E-state index in [1.807, 2.05) is 41.3 Å². The van der Waals surface area contributed by atoms with E-state index in [1.165, 1.54) is 5.56 Å². The minimum Gasteiger partial charge on any atom is -0.494 e. The molecule has 1 aliphatic heterocycles. The molecule has 3 aromatic carbocycles. The van der Waals surface area contributed by atoms with E-state index in [4.69, 9.17) is 9.72 Å². The minimum atomic E-state index is 0.0911. The molecule has 5 rings (SSSR count). The second kappa shape index (κ2) is 10.1. The average Bonchev–Trinajstić information content (AvgIpc) is 3.45. The van der Waals surface area contributed by atoms with Crippen molar-refractivity contribution < 1.29 is 9.53 Å². The Hall–Kier alpha value is -3.60. The number of ether oxygens (including phenoxy) is 1. The zero-order valence-electron chi connectivity index (χ0n) is 19.7. The van der Waals surface area contributed by atoms with Gasteiger partial charge in [0.15, 0.2) is 0 Å². The summed E-state index contributed by atoms with van der Waals surface area (Å²) in [5, 5.41) is 0. The predicted octanol–water partition coefficient (Wildman–Crippen LogP) is 5.98. The first kappa shape index (κ1) is 22.2. The molecule has 1 aromatic heterocycles. The number of benzene rings is 3. The van der Waals surface area contributed by atoms with Gasteiger partial charge in [0.25, 0.3) is 0 Å². The Morgan fingerprint density at radius 2 is 1.71 bits per heavy atom. The molecular weight excluding hydrogens is 422 g/mol. The summed E-state index contributed by atoms with van der Waals surface area (Å²) >= 11 is 0. The van der Waals surface area contributed by atoms with E-state index < -0.39 is 0 Å². The molecule has 174 valence electrons. The molecule has 0 spiro atoms. The van der Waals surface area contributed by atoms with Crippen LogP contribution in [0.15, 0.2) is 78.9 Å². The Labute approximate surface area is 201 Å². The Morgan fingerprint density at radius 3 is 2.50 bits per heavy atom. The van der Waals surface area contributed by atoms with E-state index in [1.54, 1.807) is 0 Å². The highest BCUT2D eigenvalue weighted by molar-refractivity contribution is 5.96. The molecule has 4 aromatic rings. The Bertz CT molecular complexity index is 1250. The Morgan fingerprint density at radius 1 is 0.941 bits per heavy atom. The van der Waals surface area contributed by atoms with Crippen LogP contribution in [-0.4, -0.2) is 28.6 Å². The molecule has 34 heavy (non-hydrogen) atoms. The number of hydrogen-bond acceptors (Lipinski definition) is 3. The van der Waals surface area contributed by atoms with Gasteiger partial charge >= 0.3 is 0 Å². The molecule has 0 aliphatic carbocycles. The first-order chi connectivity index (χ1) is 16.7. The van der Waals surface area contributed by atoms with Gasteiger partial charge in [-0.3, -0.25) is 4.79 Å². The molecule has 1 aliphatic rings. The number of imidazole rings is 1. The molecule has 0 N–H and O–H groups in total. The van der Waals surface area contributed by atoms with E-state index in [0.29, 0.717) is 19.6 Å². The van der Waals surface area contributed by atoms with Gasteiger partial charge in [-0.25, -0.2) is 4.98 Å². The molecule has 0 saturated carbocycles. The minimum absolute atomic E-state index is 0.0911. The largest absolute Gasteiger partial charge is 0.494 e. The van der Waals surface area contributed by atoms with Gasteiger partial charge in [0, 0.05) is 31.1 Å². The van der Waals surface area contributed by atoms with Crippen molar-refractivity contribution in [1.82, 2.24) is 9.55 Å². The number of carbonyl (C=O) groups excluding carboxylic acids is 1. The van der Waals surface area contributed by atoms with E-state index in [0.717, 1.165) is 54.1 Å². The molecule has 1 atom stereocenters. The molecule has 5 heteroatoms. The van der Waals surface area contributed by atoms with Gasteiger partial charge in [-0.2, -0.15) is 0 Å². The molecule has 0 bridgehead atoms. The fourth-order valence-corrected chi connectivity index (χ4v) is 4.76. The smallest absolute Gasteiger partial charge is 0.227 e. The molecule has 1 saturated heterocycles. The summed E-state index contributed by atoms with van der Waals surface area (Å²) in [5.74, 6) is 2.20. The van der Waals surface area contributed by atoms with Gasteiger partial charge in [-0.1, -0.05) is 49.4 Å². The van der Waals surface area contributed by atoms with Crippen LogP contribution in [0.1, 0.15) is 43.5 Å². The van der Waals surface area contributed by atoms with Crippen molar-refractivity contribution in [1.29, 1.82) is 0 Å². The van der Waals surface area contributed by atoms with E-state index in [9.17, 15) is 4.79 Å². The topological polar surface area (TPSA) is 47.4 Å². The van der Waals surface area contributed by atoms with Crippen LogP contribution < -0.4 is 9.64 Å². The van der Waals surface area contributed by atoms with Gasteiger partial charge in [-0.05, 0) is 61.2 Å². The first-order valence-corrected chi connectivity index (χ1v) is 12.2. The van der Waals surface area contributed by atoms with Crippen molar-refractivity contribution in [3.8, 4) is 5.75 Å². The molecule has 1 unspecified atom stereocenters. The molecule has 1 amide bonds. The molecule has 0 radical (unpaired) electrons. The second-order valence-corrected chi connectivity index (χ2v) is 8.90. The third-order valence-corrected chi connectivity index (χ3v) is 6.62. The number of unbranched alkanes of at least 4 members (excludes halogenated alkanes) is 1. The number of anilines is 1. The SMILES string of the molecule is CCc1ccc(OCCCCn2c(C3CC(=O)N(c4ccccc4)C3)nc3ccccc32)cc1. The normalized spacial score (nSPS) is 15.9. The summed E-state index contributed by atoms with van der Waals surface area (Å²) < 4.78 is 8.26. The number of nitrogens with zero attached hydrogens (tertiary/aromatic N) is 3. The highest BCUT2D eigenvalue weighted by Crippen LogP contribution is 2.33. The fraction of sp³-hybridized carbons (Fsp3) is 0.310. The highest BCUT2D eigenvalue weighted by atomic mass is 16.5. The van der Waals surface area contributed by atoms with E-state index in [-0.39, 0.29) is 11.8 Å². The maximum atomic E-state index is 12.8. The Balaban J connectivity index is 1.26. The number of carbonyl (C=O) groups is 1. The van der Waals surface area contributed by atoms with Crippen molar-refractivity contribution in [2.45, 2.75) is 45.1 Å². The number of fused-ring (bicyclic) bond motifs is 1. The molecule has 5 nitrogen and oxygen atoms in total. The van der Waals surface area contributed by atoms with Gasteiger partial charge in [0.1, 0.15) is 11.6 Å². The van der Waals surface area contributed by atoms with Crippen LogP contribution in [-0.2, 0) is 17.8 Å². The molecular formula is C29H31N3O2. The standard InChI is InChI=1S/C29H31N3O2/c1-2-22-14-16-25(17-15-22)34-19-9-8-18-31-27-13-7-6-12-26(27)30-29(31)23-20-28(33)32(21-23)24-10-4-3-5-11-24/h3-7,10-17,23H,2,8-9,18-21H2,1H3. The lowest BCUT2D eigenvalue weighted by Crippen LogP contribution is -2.24. The van der Waals surface area contributed by atoms with Crippen LogP contribution in [0, 0.1) is 0 Å². The first-order valence-electron chi connectivity index (χ1n) is 12.2. The summed E-state index contributed by atoms with van der Waals surface area (Å²) in [5.41, 5.74) is 4.42. The quantitative estimate of drug-likeness (QED) is 0.293. The third kappa shape index (κ3) is 4.69. The summed E-state index contributed by atoms with van der Waals surface area (Å²) in [6.45, 7) is 4.38. The lowest BCUT2D eigenvalue weighted by molar-refractivity contribution is -0.117. The number of rotatable bonds is 9. The lowest BCUT2D eigenvalue weighted by Gasteiger charge is -2.17. The summed E-state index contributed by atoms with van der Waals surface area (Å²) in [6, 6.07) is 26.6. The van der Waals surface area contributed by atoms with Crippen molar-refractivity contribution >= 4 is 22.6 Å². The van der Waals surface area contributed by atoms with Crippen LogP contribution in [0.3, 0.4) is 0 Å². The van der Waals surface area contributed by atoms with Gasteiger partial charge in [0.05, 0.1) is 17.6 Å². The molecule has 1 fully saturated rings. The monoisotopic (exact) mass is 453 g/mol. The number of para-hydroxylation sites is 3. The Kier molecular flexibility index (Phi) is 6.61. The molecule has 2 heterocycles. The van der Waals surface area contributed by atoms with Crippen LogP contribution in [0.2, 0.25) is 0 Å². The van der Waals surface area contributed by atoms with Crippen LogP contribution >= 0.6 is 0 Å². The van der Waals surface area contributed by atoms with Crippen molar-refractivity contribution in [3.63, 3.8) is 0 Å². The van der Waals surface area contributed by atoms with Gasteiger partial charge in [-0.15, -0.1) is 0 Å². The van der Waals surface area contributed by atoms with Crippen molar-refractivity contribution in [2.75, 3.05) is 18.1 Å². The zero-order chi connectivity index (χ0) is 23.3. The third-order valence-electron chi connectivity index (χ3n) is 6.62. The van der Waals surface area contributed by atoms with E-state index >= 15 is 0 Å². The van der Waals surface area contributed by atoms with Gasteiger partial charge < -0.3 is 14.2 Å². The number of hydrogen-bond donors (Lipinski definition) is 0. The van der Waals surface area contributed by atoms with Crippen LogP contribution in [0.4, 0.5) is 5.69 Å². The number of aromatic nitrogens is 2.